The third-order valence-corrected chi connectivity index (χ3v) is 6.88. The fourth-order valence-electron chi connectivity index (χ4n) is 3.25. The SMILES string of the molecule is Cc1n[nH]c(=O)c2cc(S(=O)(=O)N3CCN(c4ccc(Cl)cc4)CC3)cn12. The van der Waals surface area contributed by atoms with Crippen molar-refractivity contribution in [2.45, 2.75) is 11.8 Å². The van der Waals surface area contributed by atoms with Crippen molar-refractivity contribution in [2.24, 2.45) is 0 Å². The van der Waals surface area contributed by atoms with E-state index in [4.69, 9.17) is 11.6 Å². The van der Waals surface area contributed by atoms with E-state index in [1.165, 1.54) is 21.0 Å². The quantitative estimate of drug-likeness (QED) is 0.710. The molecule has 0 radical (unpaired) electrons. The molecule has 10 heteroatoms. The number of aromatic amines is 1. The number of aromatic nitrogens is 3. The number of fused-ring (bicyclic) bond motifs is 1. The number of anilines is 1. The number of hydrogen-bond acceptors (Lipinski definition) is 5. The van der Waals surface area contributed by atoms with Crippen LogP contribution in [0.4, 0.5) is 5.69 Å². The highest BCUT2D eigenvalue weighted by Crippen LogP contribution is 2.23. The number of halogens is 1. The minimum Gasteiger partial charge on any atom is -0.369 e. The Kier molecular flexibility index (Phi) is 4.45. The first-order valence-electron chi connectivity index (χ1n) is 8.44. The summed E-state index contributed by atoms with van der Waals surface area (Å²) in [5.74, 6) is 0.513. The van der Waals surface area contributed by atoms with Crippen LogP contribution in [0.2, 0.25) is 5.02 Å². The Hall–Kier alpha value is -2.36. The highest BCUT2D eigenvalue weighted by molar-refractivity contribution is 7.89. The maximum absolute atomic E-state index is 13.0. The number of nitrogens with one attached hydrogen (secondary N) is 1. The van der Waals surface area contributed by atoms with Crippen LogP contribution in [0.15, 0.2) is 46.2 Å². The molecule has 1 aliphatic rings. The van der Waals surface area contributed by atoms with Crippen molar-refractivity contribution in [3.8, 4) is 0 Å². The molecule has 1 N–H and O–H groups in total. The number of sulfonamides is 1. The summed E-state index contributed by atoms with van der Waals surface area (Å²) in [4.78, 5) is 14.1. The molecule has 8 nitrogen and oxygen atoms in total. The van der Waals surface area contributed by atoms with Crippen LogP contribution in [0.25, 0.3) is 5.52 Å². The van der Waals surface area contributed by atoms with Crippen LogP contribution < -0.4 is 10.5 Å². The number of aryl methyl sites for hydroxylation is 1. The van der Waals surface area contributed by atoms with E-state index in [0.29, 0.717) is 37.0 Å². The maximum Gasteiger partial charge on any atom is 0.288 e. The fraction of sp³-hybridized carbons (Fsp3) is 0.294. The van der Waals surface area contributed by atoms with Gasteiger partial charge in [-0.3, -0.25) is 9.20 Å². The second-order valence-electron chi connectivity index (χ2n) is 6.40. The summed E-state index contributed by atoms with van der Waals surface area (Å²) < 4.78 is 29.0. The maximum atomic E-state index is 13.0. The summed E-state index contributed by atoms with van der Waals surface area (Å²) in [5.41, 5.74) is 0.856. The minimum absolute atomic E-state index is 0.101. The number of piperazine rings is 1. The summed E-state index contributed by atoms with van der Waals surface area (Å²) >= 11 is 5.92. The Balaban J connectivity index is 1.57. The lowest BCUT2D eigenvalue weighted by Gasteiger charge is -2.35. The van der Waals surface area contributed by atoms with Gasteiger partial charge in [-0.2, -0.15) is 9.40 Å². The second kappa shape index (κ2) is 6.66. The zero-order chi connectivity index (χ0) is 19.2. The summed E-state index contributed by atoms with van der Waals surface area (Å²) in [6, 6.07) is 8.89. The van der Waals surface area contributed by atoms with Gasteiger partial charge >= 0.3 is 0 Å². The van der Waals surface area contributed by atoms with E-state index in [9.17, 15) is 13.2 Å². The van der Waals surface area contributed by atoms with Crippen LogP contribution in [0.5, 0.6) is 0 Å². The molecule has 1 aromatic carbocycles. The molecule has 0 aliphatic carbocycles. The van der Waals surface area contributed by atoms with Crippen LogP contribution in [0, 0.1) is 6.92 Å². The van der Waals surface area contributed by atoms with Gasteiger partial charge in [0.2, 0.25) is 10.0 Å². The Morgan fingerprint density at radius 1 is 1.11 bits per heavy atom. The number of hydrogen-bond donors (Lipinski definition) is 1. The average Bonchev–Trinajstić information content (AvgIpc) is 3.13. The van der Waals surface area contributed by atoms with E-state index in [1.807, 2.05) is 24.3 Å². The van der Waals surface area contributed by atoms with Crippen molar-refractivity contribution in [2.75, 3.05) is 31.1 Å². The Bertz CT molecular complexity index is 1150. The zero-order valence-corrected chi connectivity index (χ0v) is 16.2. The molecule has 0 unspecified atom stereocenters. The number of rotatable bonds is 3. The zero-order valence-electron chi connectivity index (χ0n) is 14.6. The predicted molar refractivity (Wildman–Crippen MR) is 103 cm³/mol. The van der Waals surface area contributed by atoms with Crippen LogP contribution >= 0.6 is 11.6 Å². The first-order valence-corrected chi connectivity index (χ1v) is 10.3. The monoisotopic (exact) mass is 407 g/mol. The molecule has 2 aromatic heterocycles. The third kappa shape index (κ3) is 3.22. The van der Waals surface area contributed by atoms with Crippen molar-refractivity contribution in [1.82, 2.24) is 18.9 Å². The Morgan fingerprint density at radius 2 is 1.78 bits per heavy atom. The van der Waals surface area contributed by atoms with Crippen molar-refractivity contribution in [3.63, 3.8) is 0 Å². The first kappa shape index (κ1) is 18.0. The molecule has 27 heavy (non-hydrogen) atoms. The second-order valence-corrected chi connectivity index (χ2v) is 8.77. The molecule has 4 rings (SSSR count). The predicted octanol–water partition coefficient (Wildman–Crippen LogP) is 1.50. The van der Waals surface area contributed by atoms with Crippen molar-refractivity contribution < 1.29 is 8.42 Å². The largest absolute Gasteiger partial charge is 0.369 e. The molecule has 3 aromatic rings. The number of nitrogens with zero attached hydrogens (tertiary/aromatic N) is 4. The molecular weight excluding hydrogens is 390 g/mol. The fourth-order valence-corrected chi connectivity index (χ4v) is 4.82. The Labute approximate surface area is 161 Å². The van der Waals surface area contributed by atoms with Crippen LogP contribution in [0.1, 0.15) is 5.82 Å². The lowest BCUT2D eigenvalue weighted by molar-refractivity contribution is 0.385. The molecule has 0 spiro atoms. The highest BCUT2D eigenvalue weighted by Gasteiger charge is 2.30. The Morgan fingerprint density at radius 3 is 2.41 bits per heavy atom. The van der Waals surface area contributed by atoms with Crippen molar-refractivity contribution >= 4 is 32.8 Å². The summed E-state index contributed by atoms with van der Waals surface area (Å²) in [6.45, 7) is 3.59. The van der Waals surface area contributed by atoms with Gasteiger partial charge in [0, 0.05) is 43.1 Å². The molecule has 1 aliphatic heterocycles. The van der Waals surface area contributed by atoms with E-state index in [-0.39, 0.29) is 10.4 Å². The lowest BCUT2D eigenvalue weighted by atomic mass is 10.2. The van der Waals surface area contributed by atoms with Gasteiger partial charge in [0.15, 0.2) is 0 Å². The first-order chi connectivity index (χ1) is 12.9. The van der Waals surface area contributed by atoms with Crippen LogP contribution in [0.3, 0.4) is 0 Å². The molecular formula is C17H18ClN5O3S. The van der Waals surface area contributed by atoms with Gasteiger partial charge in [-0.25, -0.2) is 13.5 Å². The third-order valence-electron chi connectivity index (χ3n) is 4.76. The lowest BCUT2D eigenvalue weighted by Crippen LogP contribution is -2.48. The molecule has 0 bridgehead atoms. The van der Waals surface area contributed by atoms with Gasteiger partial charge in [0.05, 0.1) is 0 Å². The molecule has 0 atom stereocenters. The van der Waals surface area contributed by atoms with E-state index < -0.39 is 15.6 Å². The van der Waals surface area contributed by atoms with E-state index >= 15 is 0 Å². The topological polar surface area (TPSA) is 90.8 Å². The van der Waals surface area contributed by atoms with Crippen LogP contribution in [-0.2, 0) is 10.0 Å². The minimum atomic E-state index is -3.69. The standard InChI is InChI=1S/C17H18ClN5O3S/c1-12-19-20-17(24)16-10-15(11-23(12)16)27(25,26)22-8-6-21(7-9-22)14-4-2-13(18)3-5-14/h2-5,10-11H,6-9H2,1H3,(H,20,24). The average molecular weight is 408 g/mol. The summed E-state index contributed by atoms with van der Waals surface area (Å²) in [5, 5.41) is 6.90. The summed E-state index contributed by atoms with van der Waals surface area (Å²) in [6.07, 6.45) is 1.45. The molecule has 1 saturated heterocycles. The highest BCUT2D eigenvalue weighted by atomic mass is 35.5. The van der Waals surface area contributed by atoms with Gasteiger partial charge in [-0.1, -0.05) is 11.6 Å². The van der Waals surface area contributed by atoms with Gasteiger partial charge < -0.3 is 4.90 Å². The molecule has 1 fully saturated rings. The van der Waals surface area contributed by atoms with E-state index in [2.05, 4.69) is 15.1 Å². The van der Waals surface area contributed by atoms with Crippen LogP contribution in [-0.4, -0.2) is 53.5 Å². The summed E-state index contributed by atoms with van der Waals surface area (Å²) in [7, 11) is -3.69. The molecule has 0 amide bonds. The smallest absolute Gasteiger partial charge is 0.288 e. The van der Waals surface area contributed by atoms with Crippen molar-refractivity contribution in [3.05, 3.63) is 57.7 Å². The van der Waals surface area contributed by atoms with E-state index in [1.54, 1.807) is 6.92 Å². The molecule has 142 valence electrons. The van der Waals surface area contributed by atoms with E-state index in [0.717, 1.165) is 5.69 Å². The van der Waals surface area contributed by atoms with Gasteiger partial charge in [0.25, 0.3) is 5.56 Å². The molecule has 0 saturated carbocycles. The van der Waals surface area contributed by atoms with Gasteiger partial charge in [-0.15, -0.1) is 0 Å². The van der Waals surface area contributed by atoms with Gasteiger partial charge in [0.1, 0.15) is 16.2 Å². The molecule has 3 heterocycles. The number of H-pyrrole nitrogens is 1. The normalized spacial score (nSPS) is 16.1. The number of benzene rings is 1. The van der Waals surface area contributed by atoms with Gasteiger partial charge in [-0.05, 0) is 37.3 Å². The van der Waals surface area contributed by atoms with Crippen molar-refractivity contribution in [1.29, 1.82) is 0 Å².